The molecule has 2 aliphatic carbocycles. The highest BCUT2D eigenvalue weighted by atomic mass is 16.6. The molecule has 0 saturated heterocycles. The second-order valence-corrected chi connectivity index (χ2v) is 7.42. The zero-order valence-corrected chi connectivity index (χ0v) is 14.1. The Bertz CT molecular complexity index is 661. The van der Waals surface area contributed by atoms with Crippen LogP contribution in [-0.2, 0) is 21.3 Å². The van der Waals surface area contributed by atoms with Gasteiger partial charge >= 0.3 is 12.1 Å². The number of rotatable bonds is 2. The molecule has 1 fully saturated rings. The quantitative estimate of drug-likeness (QED) is 0.852. The van der Waals surface area contributed by atoms with E-state index in [0.717, 1.165) is 19.3 Å². The third kappa shape index (κ3) is 2.92. The summed E-state index contributed by atoms with van der Waals surface area (Å²) in [5.41, 5.74) is 2.44. The molecule has 1 spiro atoms. The summed E-state index contributed by atoms with van der Waals surface area (Å²) in [6, 6.07) is 5.80. The number of amides is 1. The molecule has 124 valence electrons. The number of hydrogen-bond donors (Lipinski definition) is 1. The summed E-state index contributed by atoms with van der Waals surface area (Å²) in [5, 5.41) is 2.97. The number of carbonyl (C=O) groups is 2. The van der Waals surface area contributed by atoms with Gasteiger partial charge in [-0.25, -0.2) is 9.59 Å². The summed E-state index contributed by atoms with van der Waals surface area (Å²) in [6.45, 7) is 5.55. The van der Waals surface area contributed by atoms with Gasteiger partial charge in [0.2, 0.25) is 0 Å². The molecule has 3 rings (SSSR count). The van der Waals surface area contributed by atoms with Crippen molar-refractivity contribution in [1.82, 2.24) is 5.32 Å². The predicted octanol–water partition coefficient (Wildman–Crippen LogP) is 2.95. The van der Waals surface area contributed by atoms with Crippen molar-refractivity contribution in [2.24, 2.45) is 0 Å². The molecular weight excluding hydrogens is 294 g/mol. The van der Waals surface area contributed by atoms with E-state index in [2.05, 4.69) is 5.32 Å². The number of carbonyl (C=O) groups excluding carboxylic acids is 2. The van der Waals surface area contributed by atoms with Gasteiger partial charge in [-0.15, -0.1) is 0 Å². The minimum absolute atomic E-state index is 0.0454. The van der Waals surface area contributed by atoms with Gasteiger partial charge in [0.1, 0.15) is 5.60 Å². The Kier molecular flexibility index (Phi) is 3.62. The molecule has 0 radical (unpaired) electrons. The second-order valence-electron chi connectivity index (χ2n) is 7.42. The zero-order valence-electron chi connectivity index (χ0n) is 14.1. The van der Waals surface area contributed by atoms with Gasteiger partial charge in [-0.3, -0.25) is 0 Å². The Balaban J connectivity index is 1.75. The highest BCUT2D eigenvalue weighted by Crippen LogP contribution is 2.57. The van der Waals surface area contributed by atoms with Crippen LogP contribution in [0, 0.1) is 0 Å². The summed E-state index contributed by atoms with van der Waals surface area (Å²) < 4.78 is 10.1. The molecule has 2 aliphatic rings. The van der Waals surface area contributed by atoms with Gasteiger partial charge in [0.25, 0.3) is 0 Å². The average Bonchev–Trinajstić information content (AvgIpc) is 3.02. The Morgan fingerprint density at radius 2 is 2.04 bits per heavy atom. The molecule has 0 heterocycles. The Labute approximate surface area is 136 Å². The van der Waals surface area contributed by atoms with E-state index in [-0.39, 0.29) is 23.5 Å². The van der Waals surface area contributed by atoms with Gasteiger partial charge in [0.05, 0.1) is 12.7 Å². The van der Waals surface area contributed by atoms with Crippen LogP contribution in [0.15, 0.2) is 18.2 Å². The molecule has 1 N–H and O–H groups in total. The first-order valence-electron chi connectivity index (χ1n) is 7.96. The summed E-state index contributed by atoms with van der Waals surface area (Å²) in [7, 11) is 1.38. The number of esters is 1. The fraction of sp³-hybridized carbons (Fsp3) is 0.556. The lowest BCUT2D eigenvalue weighted by Gasteiger charge is -2.20. The first-order chi connectivity index (χ1) is 10.7. The summed E-state index contributed by atoms with van der Waals surface area (Å²) >= 11 is 0. The fourth-order valence-corrected chi connectivity index (χ4v) is 3.51. The fourth-order valence-electron chi connectivity index (χ4n) is 3.51. The lowest BCUT2D eigenvalue weighted by atomic mass is 9.95. The number of ether oxygens (including phenoxy) is 2. The Morgan fingerprint density at radius 3 is 2.70 bits per heavy atom. The summed E-state index contributed by atoms with van der Waals surface area (Å²) in [6.07, 6.45) is 2.48. The molecule has 1 aromatic rings. The van der Waals surface area contributed by atoms with Crippen molar-refractivity contribution in [3.63, 3.8) is 0 Å². The normalized spacial score (nSPS) is 25.0. The zero-order chi connectivity index (χ0) is 16.8. The van der Waals surface area contributed by atoms with Crippen LogP contribution in [0.25, 0.3) is 0 Å². The van der Waals surface area contributed by atoms with Crippen molar-refractivity contribution >= 4 is 12.1 Å². The van der Waals surface area contributed by atoms with Crippen LogP contribution in [0.3, 0.4) is 0 Å². The van der Waals surface area contributed by atoms with Gasteiger partial charge in [0, 0.05) is 11.5 Å². The van der Waals surface area contributed by atoms with E-state index in [4.69, 9.17) is 9.47 Å². The largest absolute Gasteiger partial charge is 0.465 e. The molecule has 2 unspecified atom stereocenters. The molecule has 0 aromatic heterocycles. The van der Waals surface area contributed by atoms with E-state index >= 15 is 0 Å². The maximum Gasteiger partial charge on any atom is 0.407 e. The van der Waals surface area contributed by atoms with Crippen LogP contribution >= 0.6 is 0 Å². The van der Waals surface area contributed by atoms with Crippen molar-refractivity contribution in [2.45, 2.75) is 57.1 Å². The maximum atomic E-state index is 12.0. The van der Waals surface area contributed by atoms with Gasteiger partial charge in [0.15, 0.2) is 0 Å². The average molecular weight is 317 g/mol. The monoisotopic (exact) mass is 317 g/mol. The van der Waals surface area contributed by atoms with Gasteiger partial charge < -0.3 is 14.8 Å². The number of aryl methyl sites for hydroxylation is 1. The molecule has 2 atom stereocenters. The topological polar surface area (TPSA) is 64.6 Å². The number of fused-ring (bicyclic) bond motifs is 2. The van der Waals surface area contributed by atoms with Crippen molar-refractivity contribution in [2.75, 3.05) is 7.11 Å². The second kappa shape index (κ2) is 5.25. The number of methoxy groups -OCH3 is 1. The molecule has 0 bridgehead atoms. The highest BCUT2D eigenvalue weighted by Gasteiger charge is 2.59. The van der Waals surface area contributed by atoms with E-state index < -0.39 is 5.60 Å². The van der Waals surface area contributed by atoms with E-state index in [0.29, 0.717) is 5.56 Å². The van der Waals surface area contributed by atoms with Crippen molar-refractivity contribution < 1.29 is 19.1 Å². The standard InChI is InChI=1S/C18H23NO4/c1-17(2,3)23-16(21)19-14-10-18(14)8-7-11-5-6-12(9-13(11)18)15(20)22-4/h5-6,9,14H,7-8,10H2,1-4H3,(H,19,21). The molecule has 1 aromatic carbocycles. The third-order valence-corrected chi connectivity index (χ3v) is 4.67. The van der Waals surface area contributed by atoms with Gasteiger partial charge in [-0.1, -0.05) is 6.07 Å². The smallest absolute Gasteiger partial charge is 0.407 e. The molecule has 1 saturated carbocycles. The molecule has 23 heavy (non-hydrogen) atoms. The number of benzene rings is 1. The lowest BCUT2D eigenvalue weighted by molar-refractivity contribution is 0.0518. The molecule has 1 amide bonds. The van der Waals surface area contributed by atoms with Gasteiger partial charge in [-0.2, -0.15) is 0 Å². The SMILES string of the molecule is COC(=O)c1ccc2c(c1)C1(CC2)CC1NC(=O)OC(C)(C)C. The minimum Gasteiger partial charge on any atom is -0.465 e. The molecule has 0 aliphatic heterocycles. The van der Waals surface area contributed by atoms with Crippen LogP contribution in [0.4, 0.5) is 4.79 Å². The van der Waals surface area contributed by atoms with E-state index in [1.807, 2.05) is 39.0 Å². The van der Waals surface area contributed by atoms with Crippen LogP contribution in [0.1, 0.15) is 55.1 Å². The van der Waals surface area contributed by atoms with E-state index in [1.54, 1.807) is 0 Å². The predicted molar refractivity (Wildman–Crippen MR) is 85.6 cm³/mol. The van der Waals surface area contributed by atoms with E-state index in [9.17, 15) is 9.59 Å². The van der Waals surface area contributed by atoms with Gasteiger partial charge in [-0.05, 0) is 63.3 Å². The highest BCUT2D eigenvalue weighted by molar-refractivity contribution is 5.90. The number of hydrogen-bond acceptors (Lipinski definition) is 4. The van der Waals surface area contributed by atoms with Crippen LogP contribution in [0.5, 0.6) is 0 Å². The summed E-state index contributed by atoms with van der Waals surface area (Å²) in [4.78, 5) is 23.7. The molecule has 5 nitrogen and oxygen atoms in total. The van der Waals surface area contributed by atoms with Crippen LogP contribution in [0.2, 0.25) is 0 Å². The first kappa shape index (κ1) is 15.8. The van der Waals surface area contributed by atoms with Crippen molar-refractivity contribution in [3.05, 3.63) is 34.9 Å². The third-order valence-electron chi connectivity index (χ3n) is 4.67. The molecular formula is C18H23NO4. The Morgan fingerprint density at radius 1 is 1.30 bits per heavy atom. The maximum absolute atomic E-state index is 12.0. The van der Waals surface area contributed by atoms with Crippen molar-refractivity contribution in [1.29, 1.82) is 0 Å². The number of alkyl carbamates (subject to hydrolysis) is 1. The minimum atomic E-state index is -0.502. The summed E-state index contributed by atoms with van der Waals surface area (Å²) in [5.74, 6) is -0.327. The van der Waals surface area contributed by atoms with E-state index in [1.165, 1.54) is 18.2 Å². The van der Waals surface area contributed by atoms with Crippen LogP contribution < -0.4 is 5.32 Å². The van der Waals surface area contributed by atoms with Crippen molar-refractivity contribution in [3.8, 4) is 0 Å². The Hall–Kier alpha value is -2.04. The molecule has 5 heteroatoms. The van der Waals surface area contributed by atoms with Crippen LogP contribution in [-0.4, -0.2) is 30.8 Å². The number of nitrogens with one attached hydrogen (secondary N) is 1. The lowest BCUT2D eigenvalue weighted by Crippen LogP contribution is -2.36. The first-order valence-corrected chi connectivity index (χ1v) is 7.96.